The number of halogens is 2. The maximum Gasteiger partial charge on any atom is 0.255 e. The molecule has 1 heterocycles. The number of carbonyl (C=O) groups is 1. The van der Waals surface area contributed by atoms with E-state index in [2.05, 4.69) is 10.4 Å². The Labute approximate surface area is 196 Å². The van der Waals surface area contributed by atoms with Crippen molar-refractivity contribution in [1.82, 2.24) is 9.78 Å². The molecule has 1 amide bonds. The Morgan fingerprint density at radius 2 is 1.82 bits per heavy atom. The van der Waals surface area contributed by atoms with E-state index < -0.39 is 0 Å². The van der Waals surface area contributed by atoms with Crippen LogP contribution < -0.4 is 10.1 Å². The molecule has 168 valence electrons. The number of nitrogens with zero attached hydrogens (tertiary/aromatic N) is 2. The standard InChI is InChI=1S/C26H23ClFN3O2/c1-17-25(18(2)31(30-17)15-21-7-3-4-9-24(21)28)29-26(32)20-8-5-6-19(14-20)16-33-23-12-10-22(27)11-13-23/h3-14H,15-16H2,1-2H3,(H,29,32). The van der Waals surface area contributed by atoms with E-state index in [9.17, 15) is 9.18 Å². The molecular formula is C26H23ClFN3O2. The van der Waals surface area contributed by atoms with Gasteiger partial charge in [0.15, 0.2) is 0 Å². The predicted molar refractivity (Wildman–Crippen MR) is 127 cm³/mol. The maximum absolute atomic E-state index is 14.0. The Kier molecular flexibility index (Phi) is 6.75. The zero-order valence-corrected chi connectivity index (χ0v) is 19.1. The lowest BCUT2D eigenvalue weighted by atomic mass is 10.1. The molecule has 5 nitrogen and oxygen atoms in total. The number of rotatable bonds is 7. The van der Waals surface area contributed by atoms with Gasteiger partial charge in [-0.3, -0.25) is 9.48 Å². The second-order valence-electron chi connectivity index (χ2n) is 7.69. The highest BCUT2D eigenvalue weighted by Gasteiger charge is 2.16. The van der Waals surface area contributed by atoms with Gasteiger partial charge < -0.3 is 10.1 Å². The van der Waals surface area contributed by atoms with Gasteiger partial charge in [0.05, 0.1) is 23.6 Å². The average molecular weight is 464 g/mol. The van der Waals surface area contributed by atoms with Gasteiger partial charge in [-0.25, -0.2) is 4.39 Å². The van der Waals surface area contributed by atoms with E-state index in [0.29, 0.717) is 39.9 Å². The highest BCUT2D eigenvalue weighted by molar-refractivity contribution is 6.30. The molecule has 0 aliphatic heterocycles. The van der Waals surface area contributed by atoms with Crippen molar-refractivity contribution in [3.8, 4) is 5.75 Å². The first-order valence-corrected chi connectivity index (χ1v) is 10.8. The second kappa shape index (κ2) is 9.88. The molecule has 3 aromatic carbocycles. The molecular weight excluding hydrogens is 441 g/mol. The van der Waals surface area contributed by atoms with Gasteiger partial charge in [-0.1, -0.05) is 41.9 Å². The van der Waals surface area contributed by atoms with Crippen molar-refractivity contribution in [3.05, 3.63) is 112 Å². The van der Waals surface area contributed by atoms with Crippen molar-refractivity contribution in [2.24, 2.45) is 0 Å². The van der Waals surface area contributed by atoms with Crippen molar-refractivity contribution in [2.75, 3.05) is 5.32 Å². The molecule has 0 radical (unpaired) electrons. The fourth-order valence-electron chi connectivity index (χ4n) is 3.51. The van der Waals surface area contributed by atoms with Crippen LogP contribution >= 0.6 is 11.6 Å². The van der Waals surface area contributed by atoms with E-state index in [1.165, 1.54) is 6.07 Å². The average Bonchev–Trinajstić information content (AvgIpc) is 3.07. The van der Waals surface area contributed by atoms with Gasteiger partial charge in [-0.15, -0.1) is 0 Å². The minimum Gasteiger partial charge on any atom is -0.489 e. The van der Waals surface area contributed by atoms with E-state index in [1.54, 1.807) is 59.3 Å². The van der Waals surface area contributed by atoms with Gasteiger partial charge in [0.1, 0.15) is 18.2 Å². The number of aryl methyl sites for hydroxylation is 1. The zero-order valence-electron chi connectivity index (χ0n) is 18.3. The summed E-state index contributed by atoms with van der Waals surface area (Å²) in [5.41, 5.74) is 3.95. The lowest BCUT2D eigenvalue weighted by Gasteiger charge is -2.10. The van der Waals surface area contributed by atoms with E-state index in [-0.39, 0.29) is 18.3 Å². The first kappa shape index (κ1) is 22.6. The summed E-state index contributed by atoms with van der Waals surface area (Å²) in [6, 6.07) is 21.0. The van der Waals surface area contributed by atoms with Crippen molar-refractivity contribution in [1.29, 1.82) is 0 Å². The summed E-state index contributed by atoms with van der Waals surface area (Å²) in [6.45, 7) is 4.28. The van der Waals surface area contributed by atoms with Crippen LogP contribution in [-0.4, -0.2) is 15.7 Å². The number of benzene rings is 3. The van der Waals surface area contributed by atoms with E-state index in [4.69, 9.17) is 16.3 Å². The lowest BCUT2D eigenvalue weighted by Crippen LogP contribution is -2.14. The lowest BCUT2D eigenvalue weighted by molar-refractivity contribution is 0.102. The van der Waals surface area contributed by atoms with Crippen LogP contribution in [0.3, 0.4) is 0 Å². The molecule has 7 heteroatoms. The molecule has 0 fully saturated rings. The molecule has 4 aromatic rings. The predicted octanol–water partition coefficient (Wildman–Crippen LogP) is 6.17. The summed E-state index contributed by atoms with van der Waals surface area (Å²) < 4.78 is 21.5. The molecule has 0 unspecified atom stereocenters. The van der Waals surface area contributed by atoms with Gasteiger partial charge in [0.2, 0.25) is 0 Å². The Morgan fingerprint density at radius 1 is 1.06 bits per heavy atom. The van der Waals surface area contributed by atoms with Gasteiger partial charge in [0, 0.05) is 16.1 Å². The van der Waals surface area contributed by atoms with Crippen LogP contribution in [0.15, 0.2) is 72.8 Å². The minimum atomic E-state index is -0.284. The first-order valence-electron chi connectivity index (χ1n) is 10.5. The van der Waals surface area contributed by atoms with Crippen molar-refractivity contribution in [2.45, 2.75) is 27.0 Å². The number of hydrogen-bond acceptors (Lipinski definition) is 3. The fraction of sp³-hybridized carbons (Fsp3) is 0.154. The number of carbonyl (C=O) groups excluding carboxylic acids is 1. The summed E-state index contributed by atoms with van der Waals surface area (Å²) in [7, 11) is 0. The second-order valence-corrected chi connectivity index (χ2v) is 8.13. The van der Waals surface area contributed by atoms with Crippen LogP contribution in [-0.2, 0) is 13.2 Å². The third-order valence-corrected chi connectivity index (χ3v) is 5.56. The molecule has 0 spiro atoms. The summed E-state index contributed by atoms with van der Waals surface area (Å²) in [5, 5.41) is 8.08. The monoisotopic (exact) mass is 463 g/mol. The van der Waals surface area contributed by atoms with Gasteiger partial charge in [0.25, 0.3) is 5.91 Å². The summed E-state index contributed by atoms with van der Waals surface area (Å²) in [4.78, 5) is 12.9. The van der Waals surface area contributed by atoms with Gasteiger partial charge in [-0.05, 0) is 61.9 Å². The van der Waals surface area contributed by atoms with Crippen LogP contribution in [0.5, 0.6) is 5.75 Å². The largest absolute Gasteiger partial charge is 0.489 e. The maximum atomic E-state index is 14.0. The third-order valence-electron chi connectivity index (χ3n) is 5.31. The molecule has 0 saturated heterocycles. The number of hydrogen-bond donors (Lipinski definition) is 1. The van der Waals surface area contributed by atoms with Crippen LogP contribution in [0, 0.1) is 19.7 Å². The third kappa shape index (κ3) is 5.41. The normalized spacial score (nSPS) is 10.8. The smallest absolute Gasteiger partial charge is 0.255 e. The fourth-order valence-corrected chi connectivity index (χ4v) is 3.63. The number of aromatic nitrogens is 2. The quantitative estimate of drug-likeness (QED) is 0.356. The molecule has 1 aromatic heterocycles. The Hall–Kier alpha value is -3.64. The zero-order chi connectivity index (χ0) is 23.4. The Bertz CT molecular complexity index is 1290. The molecule has 0 aliphatic rings. The van der Waals surface area contributed by atoms with Crippen LogP contribution in [0.25, 0.3) is 0 Å². The molecule has 0 bridgehead atoms. The van der Waals surface area contributed by atoms with Gasteiger partial charge in [-0.2, -0.15) is 5.10 Å². The molecule has 33 heavy (non-hydrogen) atoms. The highest BCUT2D eigenvalue weighted by Crippen LogP contribution is 2.23. The topological polar surface area (TPSA) is 56.2 Å². The Balaban J connectivity index is 1.46. The number of amides is 1. The molecule has 1 N–H and O–H groups in total. The molecule has 0 atom stereocenters. The first-order chi connectivity index (χ1) is 15.9. The van der Waals surface area contributed by atoms with Crippen molar-refractivity contribution in [3.63, 3.8) is 0 Å². The number of anilines is 1. The van der Waals surface area contributed by atoms with Crippen molar-refractivity contribution < 1.29 is 13.9 Å². The van der Waals surface area contributed by atoms with Crippen LogP contribution in [0.4, 0.5) is 10.1 Å². The summed E-state index contributed by atoms with van der Waals surface area (Å²) in [6.07, 6.45) is 0. The van der Waals surface area contributed by atoms with E-state index >= 15 is 0 Å². The van der Waals surface area contributed by atoms with Crippen LogP contribution in [0.2, 0.25) is 5.02 Å². The SMILES string of the molecule is Cc1nn(Cc2ccccc2F)c(C)c1NC(=O)c1cccc(COc2ccc(Cl)cc2)c1. The molecule has 4 rings (SSSR count). The number of nitrogens with one attached hydrogen (secondary N) is 1. The summed E-state index contributed by atoms with van der Waals surface area (Å²) >= 11 is 5.90. The highest BCUT2D eigenvalue weighted by atomic mass is 35.5. The molecule has 0 saturated carbocycles. The van der Waals surface area contributed by atoms with Crippen LogP contribution in [0.1, 0.15) is 32.9 Å². The Morgan fingerprint density at radius 3 is 2.58 bits per heavy atom. The van der Waals surface area contributed by atoms with Gasteiger partial charge >= 0.3 is 0 Å². The van der Waals surface area contributed by atoms with E-state index in [0.717, 1.165) is 11.3 Å². The van der Waals surface area contributed by atoms with Crippen molar-refractivity contribution >= 4 is 23.2 Å². The minimum absolute atomic E-state index is 0.250. The number of ether oxygens (including phenoxy) is 1. The van der Waals surface area contributed by atoms with E-state index in [1.807, 2.05) is 26.0 Å². The molecule has 0 aliphatic carbocycles. The summed E-state index contributed by atoms with van der Waals surface area (Å²) in [5.74, 6) is 0.163.